The molecule has 0 spiro atoms. The fourth-order valence-electron chi connectivity index (χ4n) is 3.20. The van der Waals surface area contributed by atoms with Crippen LogP contribution in [0.4, 0.5) is 5.69 Å². The normalized spacial score (nSPS) is 10.3. The Kier molecular flexibility index (Phi) is 5.21. The van der Waals surface area contributed by atoms with Crippen molar-refractivity contribution < 1.29 is 4.79 Å². The second-order valence-electron chi connectivity index (χ2n) is 6.44. The monoisotopic (exact) mass is 361 g/mol. The van der Waals surface area contributed by atoms with E-state index >= 15 is 0 Å². The first kappa shape index (κ1) is 17.6. The Bertz CT molecular complexity index is 1060. The van der Waals surface area contributed by atoms with Crippen LogP contribution in [-0.4, -0.2) is 12.0 Å². The van der Waals surface area contributed by atoms with Crippen molar-refractivity contribution in [2.75, 3.05) is 0 Å². The van der Waals surface area contributed by atoms with E-state index in [4.69, 9.17) is 4.99 Å². The summed E-state index contributed by atoms with van der Waals surface area (Å²) in [5, 5.41) is 0. The van der Waals surface area contributed by atoms with Crippen molar-refractivity contribution in [2.45, 2.75) is 0 Å². The molecule has 0 atom stereocenters. The van der Waals surface area contributed by atoms with Crippen molar-refractivity contribution >= 4 is 17.7 Å². The molecular formula is C26H19NO. The lowest BCUT2D eigenvalue weighted by molar-refractivity contribution is 0.112. The molecule has 0 amide bonds. The summed E-state index contributed by atoms with van der Waals surface area (Å²) in [6.07, 6.45) is 0.893. The molecule has 2 nitrogen and oxygen atoms in total. The first-order chi connectivity index (χ1) is 13.8. The van der Waals surface area contributed by atoms with Crippen molar-refractivity contribution in [1.29, 1.82) is 0 Å². The Labute approximate surface area is 164 Å². The number of nitrogens with zero attached hydrogens (tertiary/aromatic N) is 1. The number of hydrogen-bond donors (Lipinski definition) is 0. The summed E-state index contributed by atoms with van der Waals surface area (Å²) >= 11 is 0. The molecule has 2 heteroatoms. The first-order valence-electron chi connectivity index (χ1n) is 9.19. The number of aldehydes is 1. The van der Waals surface area contributed by atoms with Crippen LogP contribution in [0.25, 0.3) is 11.1 Å². The minimum absolute atomic E-state index is 0.688. The van der Waals surface area contributed by atoms with E-state index in [1.807, 2.05) is 84.9 Å². The highest BCUT2D eigenvalue weighted by molar-refractivity contribution is 6.13. The van der Waals surface area contributed by atoms with Gasteiger partial charge in [0.25, 0.3) is 0 Å². The zero-order valence-electron chi connectivity index (χ0n) is 15.3. The third-order valence-corrected chi connectivity index (χ3v) is 4.60. The van der Waals surface area contributed by atoms with Crippen molar-refractivity contribution in [2.24, 2.45) is 4.99 Å². The third kappa shape index (κ3) is 3.81. The second kappa shape index (κ2) is 8.28. The molecule has 134 valence electrons. The summed E-state index contributed by atoms with van der Waals surface area (Å²) in [5.41, 5.74) is 6.57. The summed E-state index contributed by atoms with van der Waals surface area (Å²) in [6, 6.07) is 36.0. The van der Waals surface area contributed by atoms with E-state index in [0.29, 0.717) is 5.56 Å². The molecule has 0 aliphatic rings. The highest BCUT2D eigenvalue weighted by Crippen LogP contribution is 2.26. The maximum atomic E-state index is 11.3. The van der Waals surface area contributed by atoms with Crippen molar-refractivity contribution in [1.82, 2.24) is 0 Å². The Morgan fingerprint density at radius 1 is 0.607 bits per heavy atom. The Balaban J connectivity index is 1.74. The quantitative estimate of drug-likeness (QED) is 0.301. The van der Waals surface area contributed by atoms with Crippen molar-refractivity contribution in [3.05, 3.63) is 126 Å². The standard InChI is InChI=1S/C26H19NO/c28-19-23-13-7-8-14-25(23)20-15-17-24(18-16-20)27-26(21-9-3-1-4-10-21)22-11-5-2-6-12-22/h1-19H. The number of aliphatic imine (C=N–C) groups is 1. The number of carbonyl (C=O) groups excluding carboxylic acids is 1. The molecule has 0 unspecified atom stereocenters. The van der Waals surface area contributed by atoms with E-state index in [1.54, 1.807) is 0 Å². The number of rotatable bonds is 5. The van der Waals surface area contributed by atoms with Gasteiger partial charge in [-0.25, -0.2) is 4.99 Å². The summed E-state index contributed by atoms with van der Waals surface area (Å²) in [7, 11) is 0. The molecule has 0 bridgehead atoms. The van der Waals surface area contributed by atoms with Gasteiger partial charge in [-0.05, 0) is 23.3 Å². The van der Waals surface area contributed by atoms with Crippen LogP contribution < -0.4 is 0 Å². The lowest BCUT2D eigenvalue weighted by Gasteiger charge is -2.09. The second-order valence-corrected chi connectivity index (χ2v) is 6.44. The van der Waals surface area contributed by atoms with E-state index in [0.717, 1.165) is 39.9 Å². The van der Waals surface area contributed by atoms with E-state index in [2.05, 4.69) is 24.3 Å². The smallest absolute Gasteiger partial charge is 0.150 e. The molecule has 0 N–H and O–H groups in total. The lowest BCUT2D eigenvalue weighted by Crippen LogP contribution is -2.02. The molecule has 0 saturated carbocycles. The average molecular weight is 361 g/mol. The van der Waals surface area contributed by atoms with E-state index in [1.165, 1.54) is 0 Å². The third-order valence-electron chi connectivity index (χ3n) is 4.60. The van der Waals surface area contributed by atoms with Gasteiger partial charge in [-0.1, -0.05) is 97.1 Å². The minimum atomic E-state index is 0.688. The molecule has 0 radical (unpaired) electrons. The van der Waals surface area contributed by atoms with Crippen LogP contribution in [0.1, 0.15) is 21.5 Å². The molecule has 0 aliphatic carbocycles. The zero-order valence-corrected chi connectivity index (χ0v) is 15.3. The largest absolute Gasteiger partial charge is 0.298 e. The van der Waals surface area contributed by atoms with Crippen LogP contribution in [-0.2, 0) is 0 Å². The fourth-order valence-corrected chi connectivity index (χ4v) is 3.20. The molecule has 4 rings (SSSR count). The highest BCUT2D eigenvalue weighted by Gasteiger charge is 2.08. The van der Waals surface area contributed by atoms with Crippen molar-refractivity contribution in [3.63, 3.8) is 0 Å². The molecule has 0 fully saturated rings. The molecule has 4 aromatic carbocycles. The highest BCUT2D eigenvalue weighted by atomic mass is 16.1. The van der Waals surface area contributed by atoms with Gasteiger partial charge in [-0.2, -0.15) is 0 Å². The topological polar surface area (TPSA) is 29.4 Å². The number of carbonyl (C=O) groups is 1. The van der Waals surface area contributed by atoms with Gasteiger partial charge in [0.2, 0.25) is 0 Å². The maximum Gasteiger partial charge on any atom is 0.150 e. The zero-order chi connectivity index (χ0) is 19.2. The number of hydrogen-bond acceptors (Lipinski definition) is 2. The van der Waals surface area contributed by atoms with E-state index in [9.17, 15) is 4.79 Å². The van der Waals surface area contributed by atoms with Gasteiger partial charge in [0.05, 0.1) is 11.4 Å². The van der Waals surface area contributed by atoms with E-state index in [-0.39, 0.29) is 0 Å². The van der Waals surface area contributed by atoms with Gasteiger partial charge in [0.15, 0.2) is 6.29 Å². The van der Waals surface area contributed by atoms with Crippen LogP contribution in [0.3, 0.4) is 0 Å². The molecule has 4 aromatic rings. The Hall–Kier alpha value is -3.78. The molecule has 28 heavy (non-hydrogen) atoms. The molecule has 0 aromatic heterocycles. The maximum absolute atomic E-state index is 11.3. The Morgan fingerprint density at radius 3 is 1.71 bits per heavy atom. The summed E-state index contributed by atoms with van der Waals surface area (Å²) < 4.78 is 0. The van der Waals surface area contributed by atoms with Crippen LogP contribution in [0.15, 0.2) is 114 Å². The first-order valence-corrected chi connectivity index (χ1v) is 9.19. The van der Waals surface area contributed by atoms with Gasteiger partial charge >= 0.3 is 0 Å². The predicted molar refractivity (Wildman–Crippen MR) is 115 cm³/mol. The van der Waals surface area contributed by atoms with Gasteiger partial charge in [-0.15, -0.1) is 0 Å². The van der Waals surface area contributed by atoms with Gasteiger partial charge < -0.3 is 0 Å². The summed E-state index contributed by atoms with van der Waals surface area (Å²) in [5.74, 6) is 0. The van der Waals surface area contributed by atoms with Gasteiger partial charge in [0, 0.05) is 16.7 Å². The van der Waals surface area contributed by atoms with Gasteiger partial charge in [0.1, 0.15) is 0 Å². The molecule has 0 aliphatic heterocycles. The van der Waals surface area contributed by atoms with Crippen molar-refractivity contribution in [3.8, 4) is 11.1 Å². The SMILES string of the molecule is O=Cc1ccccc1-c1ccc(N=C(c2ccccc2)c2ccccc2)cc1. The van der Waals surface area contributed by atoms with Crippen LogP contribution in [0.2, 0.25) is 0 Å². The molecule has 0 heterocycles. The lowest BCUT2D eigenvalue weighted by atomic mass is 10.00. The Morgan fingerprint density at radius 2 is 1.14 bits per heavy atom. The van der Waals surface area contributed by atoms with E-state index < -0.39 is 0 Å². The van der Waals surface area contributed by atoms with Crippen LogP contribution in [0.5, 0.6) is 0 Å². The predicted octanol–water partition coefficient (Wildman–Crippen LogP) is 6.34. The summed E-state index contributed by atoms with van der Waals surface area (Å²) in [4.78, 5) is 16.2. The number of benzene rings is 4. The summed E-state index contributed by atoms with van der Waals surface area (Å²) in [6.45, 7) is 0. The average Bonchev–Trinajstić information content (AvgIpc) is 2.79. The van der Waals surface area contributed by atoms with Gasteiger partial charge in [-0.3, -0.25) is 4.79 Å². The van der Waals surface area contributed by atoms with Crippen LogP contribution in [0, 0.1) is 0 Å². The fraction of sp³-hybridized carbons (Fsp3) is 0. The van der Waals surface area contributed by atoms with Crippen LogP contribution >= 0.6 is 0 Å². The molecule has 0 saturated heterocycles. The molecular weight excluding hydrogens is 342 g/mol. The minimum Gasteiger partial charge on any atom is -0.298 e.